The van der Waals surface area contributed by atoms with Crippen molar-refractivity contribution >= 4 is 11.0 Å². The number of aromatic nitrogens is 6. The molecule has 0 radical (unpaired) electrons. The number of fused-ring (bicyclic) bond motifs is 2. The monoisotopic (exact) mass is 302 g/mol. The molecule has 112 valence electrons. The molecule has 0 saturated heterocycles. The van der Waals surface area contributed by atoms with Gasteiger partial charge in [0.05, 0.1) is 17.0 Å². The molecule has 0 aromatic carbocycles. The van der Waals surface area contributed by atoms with Gasteiger partial charge in [-0.3, -0.25) is 9.67 Å². The van der Waals surface area contributed by atoms with E-state index in [1.807, 2.05) is 30.5 Å². The number of pyridine rings is 1. The van der Waals surface area contributed by atoms with Crippen LogP contribution in [0.2, 0.25) is 0 Å². The summed E-state index contributed by atoms with van der Waals surface area (Å²) < 4.78 is 2.10. The highest BCUT2D eigenvalue weighted by Crippen LogP contribution is 2.38. The lowest BCUT2D eigenvalue weighted by molar-refractivity contribution is 0.658. The van der Waals surface area contributed by atoms with E-state index in [4.69, 9.17) is 5.10 Å². The molecule has 0 saturated carbocycles. The molecule has 6 nitrogen and oxygen atoms in total. The first-order valence-corrected chi connectivity index (χ1v) is 7.71. The van der Waals surface area contributed by atoms with Gasteiger partial charge in [-0.25, -0.2) is 9.97 Å². The minimum Gasteiger partial charge on any atom is -0.346 e. The molecule has 4 aromatic heterocycles. The first kappa shape index (κ1) is 12.5. The van der Waals surface area contributed by atoms with Crippen LogP contribution in [-0.4, -0.2) is 29.7 Å². The third-order valence-corrected chi connectivity index (χ3v) is 4.34. The van der Waals surface area contributed by atoms with E-state index in [0.29, 0.717) is 0 Å². The quantitative estimate of drug-likeness (QED) is 0.618. The van der Waals surface area contributed by atoms with E-state index in [1.54, 1.807) is 12.5 Å². The smallest absolute Gasteiger partial charge is 0.141 e. The molecule has 4 aromatic rings. The summed E-state index contributed by atoms with van der Waals surface area (Å²) in [5, 5.41) is 5.83. The van der Waals surface area contributed by atoms with Gasteiger partial charge in [-0.2, -0.15) is 5.10 Å². The van der Waals surface area contributed by atoms with Crippen LogP contribution in [0, 0.1) is 0 Å². The number of H-pyrrole nitrogens is 1. The van der Waals surface area contributed by atoms with Crippen LogP contribution in [0.1, 0.15) is 12.1 Å². The van der Waals surface area contributed by atoms with Crippen molar-refractivity contribution in [1.82, 2.24) is 29.7 Å². The average Bonchev–Trinajstić information content (AvgIpc) is 3.30. The zero-order chi connectivity index (χ0) is 15.2. The van der Waals surface area contributed by atoms with Gasteiger partial charge in [0.15, 0.2) is 0 Å². The Morgan fingerprint density at radius 3 is 2.96 bits per heavy atom. The minimum atomic E-state index is 0.847. The molecule has 6 heteroatoms. The molecule has 1 aliphatic heterocycles. The van der Waals surface area contributed by atoms with Crippen LogP contribution >= 0.6 is 0 Å². The summed E-state index contributed by atoms with van der Waals surface area (Å²) in [6.07, 6.45) is 7.45. The molecular weight excluding hydrogens is 288 g/mol. The lowest BCUT2D eigenvalue weighted by Gasteiger charge is -2.05. The van der Waals surface area contributed by atoms with Crippen LogP contribution in [0.5, 0.6) is 0 Å². The predicted molar refractivity (Wildman–Crippen MR) is 86.7 cm³/mol. The van der Waals surface area contributed by atoms with Crippen molar-refractivity contribution in [2.45, 2.75) is 19.4 Å². The molecule has 1 N–H and O–H groups in total. The van der Waals surface area contributed by atoms with Gasteiger partial charge in [0, 0.05) is 30.0 Å². The van der Waals surface area contributed by atoms with Crippen LogP contribution in [0.25, 0.3) is 33.7 Å². The number of rotatable bonds is 2. The first-order chi connectivity index (χ1) is 11.4. The Hall–Kier alpha value is -3.02. The molecule has 0 unspecified atom stereocenters. The van der Waals surface area contributed by atoms with Crippen molar-refractivity contribution in [3.05, 3.63) is 48.7 Å². The van der Waals surface area contributed by atoms with E-state index in [-0.39, 0.29) is 0 Å². The van der Waals surface area contributed by atoms with Gasteiger partial charge < -0.3 is 4.98 Å². The molecule has 5 heterocycles. The maximum atomic E-state index is 4.81. The predicted octanol–water partition coefficient (Wildman–Crippen LogP) is 2.83. The molecule has 0 aliphatic carbocycles. The van der Waals surface area contributed by atoms with Gasteiger partial charge in [0.2, 0.25) is 0 Å². The lowest BCUT2D eigenvalue weighted by atomic mass is 10.0. The summed E-state index contributed by atoms with van der Waals surface area (Å²) in [4.78, 5) is 16.5. The second kappa shape index (κ2) is 4.74. The second-order valence-corrected chi connectivity index (χ2v) is 5.67. The first-order valence-electron chi connectivity index (χ1n) is 7.71. The molecule has 23 heavy (non-hydrogen) atoms. The number of hydrogen-bond acceptors (Lipinski definition) is 4. The van der Waals surface area contributed by atoms with Crippen LogP contribution < -0.4 is 0 Å². The Balaban J connectivity index is 1.84. The number of aryl methyl sites for hydroxylation is 1. The molecule has 1 aliphatic rings. The summed E-state index contributed by atoms with van der Waals surface area (Å²) in [7, 11) is 0. The molecular formula is C17H14N6. The van der Waals surface area contributed by atoms with E-state index >= 15 is 0 Å². The topological polar surface area (TPSA) is 72.3 Å². The minimum absolute atomic E-state index is 0.847. The maximum absolute atomic E-state index is 4.81. The lowest BCUT2D eigenvalue weighted by Crippen LogP contribution is -1.94. The molecule has 0 bridgehead atoms. The molecule has 0 spiro atoms. The second-order valence-electron chi connectivity index (χ2n) is 5.67. The van der Waals surface area contributed by atoms with Gasteiger partial charge >= 0.3 is 0 Å². The number of aromatic amines is 1. The molecule has 0 fully saturated rings. The van der Waals surface area contributed by atoms with Crippen molar-refractivity contribution in [2.75, 3.05) is 0 Å². The van der Waals surface area contributed by atoms with E-state index in [0.717, 1.165) is 53.1 Å². The standard InChI is InChI=1S/C17H14N6/c1-2-7-18-12(4-1)16-14(13-5-3-9-23(13)22-16)15-11-6-8-19-17(11)21-10-20-15/h1-2,4,6-8,10H,3,5,9H2,(H,19,20,21). The summed E-state index contributed by atoms with van der Waals surface area (Å²) >= 11 is 0. The van der Waals surface area contributed by atoms with Crippen molar-refractivity contribution in [1.29, 1.82) is 0 Å². The fourth-order valence-corrected chi connectivity index (χ4v) is 3.33. The normalized spacial score (nSPS) is 13.6. The summed E-state index contributed by atoms with van der Waals surface area (Å²) in [5.41, 5.74) is 5.90. The SMILES string of the molecule is c1ccc(-c2nn3c(c2-c2ncnc4[nH]ccc24)CCC3)nc1. The Kier molecular flexibility index (Phi) is 2.58. The summed E-state index contributed by atoms with van der Waals surface area (Å²) in [5.74, 6) is 0. The Morgan fingerprint density at radius 2 is 2.04 bits per heavy atom. The van der Waals surface area contributed by atoms with Crippen molar-refractivity contribution < 1.29 is 0 Å². The fourth-order valence-electron chi connectivity index (χ4n) is 3.33. The molecule has 0 amide bonds. The highest BCUT2D eigenvalue weighted by molar-refractivity contribution is 5.95. The average molecular weight is 302 g/mol. The van der Waals surface area contributed by atoms with Crippen LogP contribution in [0.4, 0.5) is 0 Å². The number of nitrogens with one attached hydrogen (secondary N) is 1. The van der Waals surface area contributed by atoms with E-state index in [2.05, 4.69) is 24.6 Å². The third-order valence-electron chi connectivity index (χ3n) is 4.34. The van der Waals surface area contributed by atoms with Gasteiger partial charge in [0.25, 0.3) is 0 Å². The van der Waals surface area contributed by atoms with Crippen LogP contribution in [0.15, 0.2) is 43.0 Å². The van der Waals surface area contributed by atoms with Gasteiger partial charge in [-0.15, -0.1) is 0 Å². The van der Waals surface area contributed by atoms with Gasteiger partial charge in [0.1, 0.15) is 17.7 Å². The Bertz CT molecular complexity index is 999. The van der Waals surface area contributed by atoms with E-state index in [1.165, 1.54) is 5.69 Å². The summed E-state index contributed by atoms with van der Waals surface area (Å²) in [6.45, 7) is 0.955. The van der Waals surface area contributed by atoms with Crippen LogP contribution in [0.3, 0.4) is 0 Å². The zero-order valence-corrected chi connectivity index (χ0v) is 12.4. The van der Waals surface area contributed by atoms with E-state index < -0.39 is 0 Å². The van der Waals surface area contributed by atoms with Crippen molar-refractivity contribution in [2.24, 2.45) is 0 Å². The fraction of sp³-hybridized carbons (Fsp3) is 0.176. The van der Waals surface area contributed by atoms with Crippen molar-refractivity contribution in [3.63, 3.8) is 0 Å². The summed E-state index contributed by atoms with van der Waals surface area (Å²) in [6, 6.07) is 7.92. The maximum Gasteiger partial charge on any atom is 0.141 e. The van der Waals surface area contributed by atoms with Crippen molar-refractivity contribution in [3.8, 4) is 22.6 Å². The Labute approximate surface area is 132 Å². The number of nitrogens with zero attached hydrogens (tertiary/aromatic N) is 5. The molecule has 5 rings (SSSR count). The highest BCUT2D eigenvalue weighted by Gasteiger charge is 2.26. The highest BCUT2D eigenvalue weighted by atomic mass is 15.3. The van der Waals surface area contributed by atoms with E-state index in [9.17, 15) is 0 Å². The molecule has 0 atom stereocenters. The third kappa shape index (κ3) is 1.81. The largest absolute Gasteiger partial charge is 0.346 e. The van der Waals surface area contributed by atoms with Gasteiger partial charge in [-0.05, 0) is 31.0 Å². The van der Waals surface area contributed by atoms with Gasteiger partial charge in [-0.1, -0.05) is 6.07 Å². The van der Waals surface area contributed by atoms with Crippen LogP contribution in [-0.2, 0) is 13.0 Å². The Morgan fingerprint density at radius 1 is 1.04 bits per heavy atom. The number of hydrogen-bond donors (Lipinski definition) is 1. The zero-order valence-electron chi connectivity index (χ0n) is 12.4.